The van der Waals surface area contributed by atoms with Crippen molar-refractivity contribution in [3.05, 3.63) is 56.3 Å². The van der Waals surface area contributed by atoms with E-state index in [0.717, 1.165) is 25.7 Å². The third kappa shape index (κ3) is 7.01. The Labute approximate surface area is 216 Å². The number of ether oxygens (including phenoxy) is 3. The number of dihydropyridines is 1. The number of allylic oxidation sites excluding steroid dienone is 2. The Hall–Kier alpha value is -2.51. The van der Waals surface area contributed by atoms with Gasteiger partial charge in [-0.05, 0) is 38.3 Å². The Morgan fingerprint density at radius 2 is 1.51 bits per heavy atom. The third-order valence-corrected chi connectivity index (χ3v) is 6.68. The predicted molar refractivity (Wildman–Crippen MR) is 135 cm³/mol. The first-order chi connectivity index (χ1) is 16.7. The van der Waals surface area contributed by atoms with E-state index in [-0.39, 0.29) is 46.3 Å². The molecule has 0 radical (unpaired) electrons. The van der Waals surface area contributed by atoms with E-state index in [4.69, 9.17) is 37.4 Å². The number of nitrogens with one attached hydrogen (secondary N) is 1. The third-order valence-electron chi connectivity index (χ3n) is 5.85. The van der Waals surface area contributed by atoms with Crippen LogP contribution in [0.5, 0.6) is 0 Å². The first-order valence-electron chi connectivity index (χ1n) is 11.7. The molecule has 35 heavy (non-hydrogen) atoms. The van der Waals surface area contributed by atoms with Gasteiger partial charge in [0.1, 0.15) is 13.2 Å². The summed E-state index contributed by atoms with van der Waals surface area (Å²) in [4.78, 5) is 38.3. The van der Waals surface area contributed by atoms with Crippen molar-refractivity contribution >= 4 is 41.1 Å². The van der Waals surface area contributed by atoms with E-state index in [1.165, 1.54) is 7.11 Å². The predicted octanol–water partition coefficient (Wildman–Crippen LogP) is 5.70. The fourth-order valence-corrected chi connectivity index (χ4v) is 4.67. The molecule has 1 aromatic carbocycles. The summed E-state index contributed by atoms with van der Waals surface area (Å²) in [6.45, 7) is 7.28. The van der Waals surface area contributed by atoms with Crippen LogP contribution in [-0.4, -0.2) is 38.2 Å². The lowest BCUT2D eigenvalue weighted by Crippen LogP contribution is -2.32. The van der Waals surface area contributed by atoms with E-state index in [0.29, 0.717) is 17.0 Å². The van der Waals surface area contributed by atoms with E-state index in [1.54, 1.807) is 32.0 Å². The molecule has 1 atom stereocenters. The molecule has 0 fully saturated rings. The highest BCUT2D eigenvalue weighted by molar-refractivity contribution is 6.42. The molecule has 9 heteroatoms. The average molecular weight is 526 g/mol. The molecule has 1 heterocycles. The van der Waals surface area contributed by atoms with Crippen LogP contribution in [0, 0.1) is 5.92 Å². The summed E-state index contributed by atoms with van der Waals surface area (Å²) < 4.78 is 15.8. The summed E-state index contributed by atoms with van der Waals surface area (Å²) in [5.41, 5.74) is 1.92. The van der Waals surface area contributed by atoms with Crippen LogP contribution in [0.3, 0.4) is 0 Å². The van der Waals surface area contributed by atoms with Crippen molar-refractivity contribution in [3.63, 3.8) is 0 Å². The summed E-state index contributed by atoms with van der Waals surface area (Å²) in [5, 5.41) is 3.57. The second-order valence-corrected chi connectivity index (χ2v) is 9.13. The molecule has 0 spiro atoms. The van der Waals surface area contributed by atoms with E-state index in [2.05, 4.69) is 5.32 Å². The van der Waals surface area contributed by atoms with Crippen molar-refractivity contribution in [2.24, 2.45) is 5.92 Å². The van der Waals surface area contributed by atoms with Crippen LogP contribution in [0.2, 0.25) is 10.0 Å². The molecule has 0 saturated carbocycles. The number of methoxy groups -OCH3 is 1. The van der Waals surface area contributed by atoms with Crippen LogP contribution in [0.15, 0.2) is 40.7 Å². The Kier molecular flexibility index (Phi) is 11.1. The lowest BCUT2D eigenvalue weighted by molar-refractivity contribution is -0.154. The molecule has 1 N–H and O–H groups in total. The van der Waals surface area contributed by atoms with E-state index in [9.17, 15) is 14.4 Å². The summed E-state index contributed by atoms with van der Waals surface area (Å²) in [7, 11) is 1.27. The number of halogens is 2. The fourth-order valence-electron chi connectivity index (χ4n) is 4.25. The zero-order valence-electron chi connectivity index (χ0n) is 20.8. The molecular formula is C26H33Cl2NO6. The number of hydrogen-bond donors (Lipinski definition) is 1. The van der Waals surface area contributed by atoms with Crippen molar-refractivity contribution in [2.45, 2.75) is 59.3 Å². The van der Waals surface area contributed by atoms with Gasteiger partial charge in [-0.2, -0.15) is 0 Å². The number of esters is 3. The highest BCUT2D eigenvalue weighted by Gasteiger charge is 2.39. The first kappa shape index (κ1) is 28.7. The number of carbonyl (C=O) groups is 3. The topological polar surface area (TPSA) is 90.9 Å². The molecule has 0 bridgehead atoms. The molecule has 192 valence electrons. The average Bonchev–Trinajstić information content (AvgIpc) is 2.82. The van der Waals surface area contributed by atoms with Gasteiger partial charge in [-0.15, -0.1) is 0 Å². The quantitative estimate of drug-likeness (QED) is 0.225. The van der Waals surface area contributed by atoms with E-state index in [1.807, 2.05) is 13.8 Å². The molecule has 7 nitrogen and oxygen atoms in total. The van der Waals surface area contributed by atoms with Gasteiger partial charge in [-0.3, -0.25) is 4.79 Å². The molecule has 1 aliphatic rings. The van der Waals surface area contributed by atoms with Crippen molar-refractivity contribution in [3.8, 4) is 0 Å². The molecule has 1 unspecified atom stereocenters. The number of hydrogen-bond acceptors (Lipinski definition) is 7. The van der Waals surface area contributed by atoms with Crippen LogP contribution in [0.1, 0.15) is 64.9 Å². The lowest BCUT2D eigenvalue weighted by Gasteiger charge is -2.30. The maximum Gasteiger partial charge on any atom is 0.336 e. The molecule has 1 aliphatic heterocycles. The second kappa shape index (κ2) is 13.5. The van der Waals surface area contributed by atoms with E-state index >= 15 is 0 Å². The van der Waals surface area contributed by atoms with Crippen LogP contribution in [0.25, 0.3) is 0 Å². The minimum atomic E-state index is -0.858. The minimum absolute atomic E-state index is 0.0599. The SMILES string of the molecule is CCCC(CCC)C(=O)OCCOC(=O)C1=C(C)NC(C)=C(C(=O)OC)C1c1cccc(Cl)c1Cl. The van der Waals surface area contributed by atoms with Gasteiger partial charge in [0.2, 0.25) is 0 Å². The number of rotatable bonds is 11. The molecule has 0 amide bonds. The zero-order chi connectivity index (χ0) is 26.1. The van der Waals surface area contributed by atoms with E-state index < -0.39 is 17.9 Å². The first-order valence-corrected chi connectivity index (χ1v) is 12.5. The molecule has 0 saturated heterocycles. The highest BCUT2D eigenvalue weighted by Crippen LogP contribution is 2.43. The van der Waals surface area contributed by atoms with Crippen molar-refractivity contribution in [1.82, 2.24) is 5.32 Å². The Morgan fingerprint density at radius 3 is 2.09 bits per heavy atom. The van der Waals surface area contributed by atoms with Crippen molar-refractivity contribution < 1.29 is 28.6 Å². The van der Waals surface area contributed by atoms with Gasteiger partial charge in [0, 0.05) is 11.4 Å². The zero-order valence-corrected chi connectivity index (χ0v) is 22.3. The summed E-state index contributed by atoms with van der Waals surface area (Å²) in [6.07, 6.45) is 3.29. The van der Waals surface area contributed by atoms with Gasteiger partial charge in [0.15, 0.2) is 0 Å². The summed E-state index contributed by atoms with van der Waals surface area (Å²) in [5.74, 6) is -2.57. The molecule has 0 aliphatic carbocycles. The Balaban J connectivity index is 2.25. The van der Waals surface area contributed by atoms with Crippen LogP contribution in [0.4, 0.5) is 0 Å². The van der Waals surface area contributed by atoms with Crippen molar-refractivity contribution in [1.29, 1.82) is 0 Å². The van der Waals surface area contributed by atoms with Crippen LogP contribution in [-0.2, 0) is 28.6 Å². The summed E-state index contributed by atoms with van der Waals surface area (Å²) >= 11 is 12.7. The van der Waals surface area contributed by atoms with Crippen molar-refractivity contribution in [2.75, 3.05) is 20.3 Å². The number of benzene rings is 1. The van der Waals surface area contributed by atoms with Gasteiger partial charge < -0.3 is 19.5 Å². The fraction of sp³-hybridized carbons (Fsp3) is 0.500. The maximum absolute atomic E-state index is 13.2. The molecule has 2 rings (SSSR count). The minimum Gasteiger partial charge on any atom is -0.466 e. The summed E-state index contributed by atoms with van der Waals surface area (Å²) in [6, 6.07) is 5.01. The second-order valence-electron chi connectivity index (χ2n) is 8.35. The highest BCUT2D eigenvalue weighted by atomic mass is 35.5. The molecular weight excluding hydrogens is 493 g/mol. The Bertz CT molecular complexity index is 1010. The largest absolute Gasteiger partial charge is 0.466 e. The lowest BCUT2D eigenvalue weighted by atomic mass is 9.80. The number of carbonyl (C=O) groups excluding carboxylic acids is 3. The Morgan fingerprint density at radius 1 is 0.943 bits per heavy atom. The normalized spacial score (nSPS) is 15.7. The van der Waals surface area contributed by atoms with Gasteiger partial charge in [-0.25, -0.2) is 9.59 Å². The van der Waals surface area contributed by atoms with Gasteiger partial charge in [-0.1, -0.05) is 62.0 Å². The molecule has 1 aromatic rings. The standard InChI is InChI=1S/C26H33Cl2NO6/c1-6-9-17(10-7-2)24(30)34-13-14-35-26(32)21-16(4)29-15(3)20(25(31)33-5)22(21)18-11-8-12-19(27)23(18)28/h8,11-12,17,22,29H,6-7,9-10,13-14H2,1-5H3. The monoisotopic (exact) mass is 525 g/mol. The van der Waals surface area contributed by atoms with Gasteiger partial charge in [0.05, 0.1) is 40.1 Å². The molecule has 0 aromatic heterocycles. The van der Waals surface area contributed by atoms with Crippen LogP contribution >= 0.6 is 23.2 Å². The van der Waals surface area contributed by atoms with Crippen LogP contribution < -0.4 is 5.32 Å². The smallest absolute Gasteiger partial charge is 0.336 e. The maximum atomic E-state index is 13.2. The van der Waals surface area contributed by atoms with Gasteiger partial charge >= 0.3 is 17.9 Å². The van der Waals surface area contributed by atoms with Gasteiger partial charge in [0.25, 0.3) is 0 Å².